The van der Waals surface area contributed by atoms with Gasteiger partial charge < -0.3 is 10.1 Å². The van der Waals surface area contributed by atoms with E-state index >= 15 is 0 Å². The third-order valence-corrected chi connectivity index (χ3v) is 3.47. The van der Waals surface area contributed by atoms with Gasteiger partial charge in [0.05, 0.1) is 17.6 Å². The molecule has 0 aliphatic rings. The summed E-state index contributed by atoms with van der Waals surface area (Å²) in [7, 11) is 1.56. The lowest BCUT2D eigenvalue weighted by Gasteiger charge is -2.04. The number of aromatic nitrogens is 2. The summed E-state index contributed by atoms with van der Waals surface area (Å²) in [6.45, 7) is 0. The number of amides is 1. The maximum absolute atomic E-state index is 13.1. The first kappa shape index (κ1) is 14.3. The van der Waals surface area contributed by atoms with Crippen molar-refractivity contribution in [2.75, 3.05) is 12.4 Å². The number of carbonyl (C=O) groups excluding carboxylic acids is 1. The molecule has 0 unspecified atom stereocenters. The van der Waals surface area contributed by atoms with E-state index in [1.165, 1.54) is 12.1 Å². The molecular formula is C15H11ClFN3O2. The minimum atomic E-state index is -0.576. The van der Waals surface area contributed by atoms with Crippen LogP contribution in [0.15, 0.2) is 36.4 Å². The van der Waals surface area contributed by atoms with Gasteiger partial charge in [-0.3, -0.25) is 9.89 Å². The van der Waals surface area contributed by atoms with Gasteiger partial charge in [-0.25, -0.2) is 4.39 Å². The van der Waals surface area contributed by atoms with Gasteiger partial charge in [-0.15, -0.1) is 0 Å². The summed E-state index contributed by atoms with van der Waals surface area (Å²) < 4.78 is 18.3. The normalized spacial score (nSPS) is 10.7. The Kier molecular flexibility index (Phi) is 3.68. The molecule has 112 valence electrons. The lowest BCUT2D eigenvalue weighted by molar-refractivity contribution is 0.102. The number of carbonyl (C=O) groups is 1. The Hall–Kier alpha value is -2.60. The fraction of sp³-hybridized carbons (Fsp3) is 0.0667. The quantitative estimate of drug-likeness (QED) is 0.775. The first-order valence-electron chi connectivity index (χ1n) is 6.37. The molecule has 0 aliphatic heterocycles. The molecule has 0 bridgehead atoms. The van der Waals surface area contributed by atoms with E-state index in [0.717, 1.165) is 11.6 Å². The van der Waals surface area contributed by atoms with Crippen LogP contribution in [0.25, 0.3) is 10.9 Å². The third-order valence-electron chi connectivity index (χ3n) is 3.18. The number of nitrogens with zero attached hydrogens (tertiary/aromatic N) is 1. The van der Waals surface area contributed by atoms with Crippen LogP contribution in [-0.2, 0) is 0 Å². The summed E-state index contributed by atoms with van der Waals surface area (Å²) in [4.78, 5) is 12.2. The van der Waals surface area contributed by atoms with E-state index < -0.39 is 11.7 Å². The molecule has 1 heterocycles. The van der Waals surface area contributed by atoms with Gasteiger partial charge in [0.1, 0.15) is 11.6 Å². The Balaban J connectivity index is 1.92. The number of rotatable bonds is 3. The molecule has 0 fully saturated rings. The van der Waals surface area contributed by atoms with E-state index in [9.17, 15) is 9.18 Å². The van der Waals surface area contributed by atoms with Crippen LogP contribution in [0, 0.1) is 5.82 Å². The van der Waals surface area contributed by atoms with Gasteiger partial charge >= 0.3 is 0 Å². The van der Waals surface area contributed by atoms with Gasteiger partial charge in [0, 0.05) is 10.9 Å². The van der Waals surface area contributed by atoms with Crippen molar-refractivity contribution in [1.29, 1.82) is 0 Å². The number of benzene rings is 2. The molecule has 0 spiro atoms. The fourth-order valence-electron chi connectivity index (χ4n) is 2.03. The maximum Gasteiger partial charge on any atom is 0.256 e. The second-order valence-electron chi connectivity index (χ2n) is 4.57. The molecule has 5 nitrogen and oxygen atoms in total. The van der Waals surface area contributed by atoms with Crippen molar-refractivity contribution in [3.63, 3.8) is 0 Å². The smallest absolute Gasteiger partial charge is 0.256 e. The number of methoxy groups -OCH3 is 1. The van der Waals surface area contributed by atoms with Gasteiger partial charge in [0.2, 0.25) is 0 Å². The number of halogens is 2. The standard InChI is InChI=1S/C15H11ClFN3O2/c1-22-9-3-5-13-10(7-9)14(20-19-13)18-15(21)8-2-4-12(17)11(16)6-8/h2-7H,1H3,(H2,18,19,20,21). The largest absolute Gasteiger partial charge is 0.497 e. The molecule has 22 heavy (non-hydrogen) atoms. The predicted octanol–water partition coefficient (Wildman–Crippen LogP) is 3.62. The molecule has 0 atom stereocenters. The second-order valence-corrected chi connectivity index (χ2v) is 4.97. The molecule has 2 N–H and O–H groups in total. The molecule has 1 amide bonds. The van der Waals surface area contributed by atoms with Crippen LogP contribution in [0.2, 0.25) is 5.02 Å². The number of ether oxygens (including phenoxy) is 1. The Bertz CT molecular complexity index is 863. The average Bonchev–Trinajstić information content (AvgIpc) is 2.92. The Labute approximate surface area is 130 Å². The fourth-order valence-corrected chi connectivity index (χ4v) is 2.21. The summed E-state index contributed by atoms with van der Waals surface area (Å²) >= 11 is 5.68. The van der Waals surface area contributed by atoms with Gasteiger partial charge in [-0.05, 0) is 36.4 Å². The minimum absolute atomic E-state index is 0.110. The number of H-pyrrole nitrogens is 1. The van der Waals surface area contributed by atoms with Crippen molar-refractivity contribution in [2.24, 2.45) is 0 Å². The minimum Gasteiger partial charge on any atom is -0.497 e. The zero-order valence-corrected chi connectivity index (χ0v) is 12.2. The van der Waals surface area contributed by atoms with E-state index in [1.807, 2.05) is 0 Å². The summed E-state index contributed by atoms with van der Waals surface area (Å²) in [5.41, 5.74) is 0.999. The van der Waals surface area contributed by atoms with Crippen molar-refractivity contribution in [1.82, 2.24) is 10.2 Å². The number of hydrogen-bond donors (Lipinski definition) is 2. The van der Waals surface area contributed by atoms with E-state index in [2.05, 4.69) is 15.5 Å². The van der Waals surface area contributed by atoms with Crippen molar-refractivity contribution < 1.29 is 13.9 Å². The number of hydrogen-bond acceptors (Lipinski definition) is 3. The van der Waals surface area contributed by atoms with Crippen LogP contribution in [0.3, 0.4) is 0 Å². The molecule has 0 radical (unpaired) electrons. The summed E-state index contributed by atoms with van der Waals surface area (Å²) in [6.07, 6.45) is 0. The molecule has 7 heteroatoms. The highest BCUT2D eigenvalue weighted by Crippen LogP contribution is 2.25. The monoisotopic (exact) mass is 319 g/mol. The van der Waals surface area contributed by atoms with Crippen LogP contribution in [-0.4, -0.2) is 23.2 Å². The molecule has 0 saturated heterocycles. The van der Waals surface area contributed by atoms with Crippen LogP contribution in [0.5, 0.6) is 5.75 Å². The Morgan fingerprint density at radius 3 is 2.86 bits per heavy atom. The first-order chi connectivity index (χ1) is 10.6. The van der Waals surface area contributed by atoms with Crippen LogP contribution >= 0.6 is 11.6 Å². The Morgan fingerprint density at radius 2 is 2.14 bits per heavy atom. The van der Waals surface area contributed by atoms with Crippen LogP contribution in [0.1, 0.15) is 10.4 Å². The van der Waals surface area contributed by atoms with E-state index in [4.69, 9.17) is 16.3 Å². The van der Waals surface area contributed by atoms with Gasteiger partial charge in [-0.2, -0.15) is 5.10 Å². The number of aromatic amines is 1. The molecule has 0 aliphatic carbocycles. The molecular weight excluding hydrogens is 309 g/mol. The highest BCUT2D eigenvalue weighted by atomic mass is 35.5. The summed E-state index contributed by atoms with van der Waals surface area (Å²) in [6, 6.07) is 9.10. The first-order valence-corrected chi connectivity index (χ1v) is 6.75. The Morgan fingerprint density at radius 1 is 1.32 bits per heavy atom. The van der Waals surface area contributed by atoms with E-state index in [1.54, 1.807) is 25.3 Å². The second kappa shape index (κ2) is 5.65. The summed E-state index contributed by atoms with van der Waals surface area (Å²) in [5.74, 6) is -0.000125. The highest BCUT2D eigenvalue weighted by Gasteiger charge is 2.13. The van der Waals surface area contributed by atoms with Gasteiger partial charge in [-0.1, -0.05) is 11.6 Å². The van der Waals surface area contributed by atoms with Gasteiger partial charge in [0.25, 0.3) is 5.91 Å². The highest BCUT2D eigenvalue weighted by molar-refractivity contribution is 6.31. The zero-order chi connectivity index (χ0) is 15.7. The molecule has 3 rings (SSSR count). The summed E-state index contributed by atoms with van der Waals surface area (Å²) in [5, 5.41) is 10.1. The molecule has 2 aromatic carbocycles. The lowest BCUT2D eigenvalue weighted by atomic mass is 10.2. The molecule has 1 aromatic heterocycles. The van der Waals surface area contributed by atoms with Crippen molar-refractivity contribution in [3.05, 3.63) is 52.8 Å². The third kappa shape index (κ3) is 2.60. The number of fused-ring (bicyclic) bond motifs is 1. The lowest BCUT2D eigenvalue weighted by Crippen LogP contribution is -2.12. The van der Waals surface area contributed by atoms with E-state index in [-0.39, 0.29) is 10.6 Å². The topological polar surface area (TPSA) is 67.0 Å². The molecule has 3 aromatic rings. The average molecular weight is 320 g/mol. The van der Waals surface area contributed by atoms with Crippen LogP contribution < -0.4 is 10.1 Å². The number of anilines is 1. The maximum atomic E-state index is 13.1. The van der Waals surface area contributed by atoms with Crippen molar-refractivity contribution >= 4 is 34.2 Å². The zero-order valence-electron chi connectivity index (χ0n) is 11.5. The van der Waals surface area contributed by atoms with Gasteiger partial charge in [0.15, 0.2) is 5.82 Å². The van der Waals surface area contributed by atoms with Crippen molar-refractivity contribution in [2.45, 2.75) is 0 Å². The van der Waals surface area contributed by atoms with Crippen molar-refractivity contribution in [3.8, 4) is 5.75 Å². The SMILES string of the molecule is COc1ccc2[nH]nc(NC(=O)c3ccc(F)c(Cl)c3)c2c1. The predicted molar refractivity (Wildman–Crippen MR) is 82.0 cm³/mol. The van der Waals surface area contributed by atoms with E-state index in [0.29, 0.717) is 17.0 Å². The number of nitrogens with one attached hydrogen (secondary N) is 2. The molecule has 0 saturated carbocycles. The van der Waals surface area contributed by atoms with Crippen LogP contribution in [0.4, 0.5) is 10.2 Å².